The summed E-state index contributed by atoms with van der Waals surface area (Å²) in [6, 6.07) is 5.80. The molecular formula is C22H26F3N3O3. The van der Waals surface area contributed by atoms with E-state index in [1.165, 1.54) is 12.3 Å². The molecule has 0 saturated carbocycles. The molecule has 1 unspecified atom stereocenters. The van der Waals surface area contributed by atoms with Gasteiger partial charge in [0, 0.05) is 42.8 Å². The molecule has 0 bridgehead atoms. The molecule has 31 heavy (non-hydrogen) atoms. The lowest BCUT2D eigenvalue weighted by atomic mass is 10.0. The quantitative estimate of drug-likeness (QED) is 0.733. The van der Waals surface area contributed by atoms with Gasteiger partial charge < -0.3 is 14.4 Å². The number of alkyl halides is 3. The number of Topliss-reactive ketones (excluding diaryl/α,β-unsaturated/α-hetero) is 1. The van der Waals surface area contributed by atoms with Crippen LogP contribution < -0.4 is 4.90 Å². The van der Waals surface area contributed by atoms with Gasteiger partial charge in [0.2, 0.25) is 0 Å². The Hall–Kier alpha value is -2.23. The van der Waals surface area contributed by atoms with Crippen molar-refractivity contribution in [3.8, 4) is 0 Å². The zero-order valence-electron chi connectivity index (χ0n) is 17.6. The molecule has 1 aromatic heterocycles. The van der Waals surface area contributed by atoms with E-state index in [1.807, 2.05) is 18.9 Å². The molecule has 3 heterocycles. The molecule has 9 heteroatoms. The topological polar surface area (TPSA) is 54.9 Å². The number of halogens is 3. The van der Waals surface area contributed by atoms with Crippen LogP contribution >= 0.6 is 0 Å². The number of pyridine rings is 1. The Morgan fingerprint density at radius 2 is 2.06 bits per heavy atom. The Kier molecular flexibility index (Phi) is 6.18. The molecule has 2 saturated heterocycles. The highest BCUT2D eigenvalue weighted by atomic mass is 19.4. The summed E-state index contributed by atoms with van der Waals surface area (Å²) in [5.74, 6) is -0.0201. The zero-order chi connectivity index (χ0) is 22.2. The minimum Gasteiger partial charge on any atom is -0.378 e. The van der Waals surface area contributed by atoms with Gasteiger partial charge >= 0.3 is 6.18 Å². The molecule has 0 radical (unpaired) electrons. The van der Waals surface area contributed by atoms with E-state index in [0.717, 1.165) is 12.6 Å². The second kappa shape index (κ2) is 8.72. The standard InChI is InChI=1S/C22H26F3N3O3/c1-14-11-28(12-20(31-14)19(29)10-15-13-30-9-8-27(15)2)18-6-5-17(22(23,24)25)21-16(18)4-3-7-26-21/h3-7,14-15,20H,8-13H2,1-2H3/t14-,15?,20-/m1/s1. The Morgan fingerprint density at radius 1 is 1.26 bits per heavy atom. The SMILES string of the molecule is C[C@@H]1CN(c2ccc(C(F)(F)F)c3ncccc23)C[C@H](C(=O)CC2COCCN2C)O1. The van der Waals surface area contributed by atoms with Gasteiger partial charge in [0.25, 0.3) is 0 Å². The third kappa shape index (κ3) is 4.68. The maximum absolute atomic E-state index is 13.4. The first-order valence-electron chi connectivity index (χ1n) is 10.4. The fourth-order valence-corrected chi connectivity index (χ4v) is 4.30. The van der Waals surface area contributed by atoms with E-state index in [1.54, 1.807) is 12.1 Å². The summed E-state index contributed by atoms with van der Waals surface area (Å²) in [5, 5.41) is 0.415. The van der Waals surface area contributed by atoms with Crippen LogP contribution in [0.4, 0.5) is 18.9 Å². The number of benzene rings is 1. The number of nitrogens with zero attached hydrogens (tertiary/aromatic N) is 3. The van der Waals surface area contributed by atoms with Crippen molar-refractivity contribution in [3.63, 3.8) is 0 Å². The summed E-state index contributed by atoms with van der Waals surface area (Å²) in [6.07, 6.45) is -3.70. The van der Waals surface area contributed by atoms with Gasteiger partial charge in [-0.1, -0.05) is 0 Å². The molecule has 6 nitrogen and oxygen atoms in total. The van der Waals surface area contributed by atoms with Gasteiger partial charge in [-0.15, -0.1) is 0 Å². The average Bonchev–Trinajstić information content (AvgIpc) is 2.73. The van der Waals surface area contributed by atoms with E-state index in [9.17, 15) is 18.0 Å². The van der Waals surface area contributed by atoms with Gasteiger partial charge in [0.15, 0.2) is 5.78 Å². The molecule has 0 N–H and O–H groups in total. The first-order valence-corrected chi connectivity index (χ1v) is 10.4. The predicted molar refractivity (Wildman–Crippen MR) is 110 cm³/mol. The number of aromatic nitrogens is 1. The molecule has 2 aliphatic rings. The van der Waals surface area contributed by atoms with Crippen LogP contribution in [-0.2, 0) is 20.4 Å². The van der Waals surface area contributed by atoms with E-state index in [4.69, 9.17) is 9.47 Å². The van der Waals surface area contributed by atoms with Crippen molar-refractivity contribution in [3.05, 3.63) is 36.0 Å². The summed E-state index contributed by atoms with van der Waals surface area (Å²) >= 11 is 0. The monoisotopic (exact) mass is 437 g/mol. The van der Waals surface area contributed by atoms with Gasteiger partial charge in [0.05, 0.1) is 36.9 Å². The number of anilines is 1. The average molecular weight is 437 g/mol. The van der Waals surface area contributed by atoms with Crippen molar-refractivity contribution in [1.29, 1.82) is 0 Å². The number of rotatable bonds is 4. The second-order valence-corrected chi connectivity index (χ2v) is 8.25. The summed E-state index contributed by atoms with van der Waals surface area (Å²) in [6.45, 7) is 4.56. The maximum Gasteiger partial charge on any atom is 0.418 e. The Labute approximate surface area is 178 Å². The van der Waals surface area contributed by atoms with Crippen molar-refractivity contribution >= 4 is 22.4 Å². The molecule has 0 spiro atoms. The number of ether oxygens (including phenoxy) is 2. The van der Waals surface area contributed by atoms with Crippen LogP contribution in [0.3, 0.4) is 0 Å². The number of fused-ring (bicyclic) bond motifs is 1. The van der Waals surface area contributed by atoms with Crippen LogP contribution in [0.15, 0.2) is 30.5 Å². The van der Waals surface area contributed by atoms with Crippen LogP contribution in [-0.4, -0.2) is 73.8 Å². The Bertz CT molecular complexity index is 952. The molecular weight excluding hydrogens is 411 g/mol. The molecule has 4 rings (SSSR count). The molecule has 0 aliphatic carbocycles. The summed E-state index contributed by atoms with van der Waals surface area (Å²) in [4.78, 5) is 21.0. The minimum atomic E-state index is -4.49. The van der Waals surface area contributed by atoms with Gasteiger partial charge in [0.1, 0.15) is 6.10 Å². The molecule has 0 amide bonds. The Morgan fingerprint density at radius 3 is 2.81 bits per heavy atom. The van der Waals surface area contributed by atoms with Crippen LogP contribution in [0.2, 0.25) is 0 Å². The van der Waals surface area contributed by atoms with Gasteiger partial charge in [-0.3, -0.25) is 14.7 Å². The van der Waals surface area contributed by atoms with Gasteiger partial charge in [-0.05, 0) is 38.2 Å². The first-order chi connectivity index (χ1) is 14.7. The highest BCUT2D eigenvalue weighted by molar-refractivity contribution is 5.94. The number of carbonyl (C=O) groups is 1. The number of hydrogen-bond donors (Lipinski definition) is 0. The number of ketones is 1. The molecule has 168 valence electrons. The lowest BCUT2D eigenvalue weighted by Crippen LogP contribution is -2.52. The first kappa shape index (κ1) is 22.0. The highest BCUT2D eigenvalue weighted by Crippen LogP contribution is 2.38. The third-order valence-electron chi connectivity index (χ3n) is 5.97. The summed E-state index contributed by atoms with van der Waals surface area (Å²) < 4.78 is 51.7. The molecule has 2 aliphatic heterocycles. The van der Waals surface area contributed by atoms with E-state index in [0.29, 0.717) is 37.3 Å². The zero-order valence-corrected chi connectivity index (χ0v) is 17.6. The van der Waals surface area contributed by atoms with Crippen LogP contribution in [0.5, 0.6) is 0 Å². The van der Waals surface area contributed by atoms with Gasteiger partial charge in [-0.2, -0.15) is 13.2 Å². The van der Waals surface area contributed by atoms with Crippen molar-refractivity contribution in [1.82, 2.24) is 9.88 Å². The maximum atomic E-state index is 13.4. The minimum absolute atomic E-state index is 0.00614. The van der Waals surface area contributed by atoms with Gasteiger partial charge in [-0.25, -0.2) is 0 Å². The highest BCUT2D eigenvalue weighted by Gasteiger charge is 2.36. The van der Waals surface area contributed by atoms with Crippen LogP contribution in [0, 0.1) is 0 Å². The largest absolute Gasteiger partial charge is 0.418 e. The number of hydrogen-bond acceptors (Lipinski definition) is 6. The lowest BCUT2D eigenvalue weighted by molar-refractivity contribution is -0.137. The van der Waals surface area contributed by atoms with Crippen molar-refractivity contribution < 1.29 is 27.4 Å². The van der Waals surface area contributed by atoms with E-state index < -0.39 is 17.8 Å². The lowest BCUT2D eigenvalue weighted by Gasteiger charge is -2.39. The van der Waals surface area contributed by atoms with E-state index in [-0.39, 0.29) is 30.0 Å². The third-order valence-corrected chi connectivity index (χ3v) is 5.97. The van der Waals surface area contributed by atoms with E-state index in [2.05, 4.69) is 9.88 Å². The van der Waals surface area contributed by atoms with E-state index >= 15 is 0 Å². The Balaban J connectivity index is 1.59. The van der Waals surface area contributed by atoms with Crippen molar-refractivity contribution in [2.45, 2.75) is 37.8 Å². The fourth-order valence-electron chi connectivity index (χ4n) is 4.30. The van der Waals surface area contributed by atoms with Crippen molar-refractivity contribution in [2.75, 3.05) is 44.8 Å². The molecule has 3 atom stereocenters. The second-order valence-electron chi connectivity index (χ2n) is 8.25. The molecule has 2 fully saturated rings. The smallest absolute Gasteiger partial charge is 0.378 e. The summed E-state index contributed by atoms with van der Waals surface area (Å²) in [7, 11) is 1.97. The van der Waals surface area contributed by atoms with Crippen molar-refractivity contribution in [2.24, 2.45) is 0 Å². The number of carbonyl (C=O) groups excluding carboxylic acids is 1. The normalized spacial score (nSPS) is 25.7. The van der Waals surface area contributed by atoms with Crippen LogP contribution in [0.25, 0.3) is 10.9 Å². The predicted octanol–water partition coefficient (Wildman–Crippen LogP) is 3.14. The summed E-state index contributed by atoms with van der Waals surface area (Å²) in [5.41, 5.74) is -0.223. The van der Waals surface area contributed by atoms with Crippen LogP contribution in [0.1, 0.15) is 18.9 Å². The molecule has 2 aromatic rings. The number of morpholine rings is 2. The molecule has 1 aromatic carbocycles. The number of likely N-dealkylation sites (N-methyl/N-ethyl adjacent to an activating group) is 1. The fraction of sp³-hybridized carbons (Fsp3) is 0.545.